The molecule has 5 heteroatoms. The van der Waals surface area contributed by atoms with Gasteiger partial charge in [-0.15, -0.1) is 0 Å². The summed E-state index contributed by atoms with van der Waals surface area (Å²) in [6.45, 7) is 4.36. The third kappa shape index (κ3) is 4.31. The Balaban J connectivity index is 1.91. The lowest BCUT2D eigenvalue weighted by Crippen LogP contribution is -2.28. The molecule has 0 radical (unpaired) electrons. The van der Waals surface area contributed by atoms with Crippen molar-refractivity contribution in [3.63, 3.8) is 0 Å². The summed E-state index contributed by atoms with van der Waals surface area (Å²) in [6.07, 6.45) is 0. The molecular weight excluding hydrogens is 286 g/mol. The molecule has 2 aromatic carbocycles. The summed E-state index contributed by atoms with van der Waals surface area (Å²) in [5, 5.41) is 0. The zero-order valence-corrected chi connectivity index (χ0v) is 13.0. The van der Waals surface area contributed by atoms with E-state index in [0.717, 1.165) is 16.9 Å². The van der Waals surface area contributed by atoms with Crippen molar-refractivity contribution >= 4 is 10.0 Å². The van der Waals surface area contributed by atoms with Gasteiger partial charge in [-0.2, -0.15) is 0 Å². The molecule has 0 bridgehead atoms. The van der Waals surface area contributed by atoms with Crippen molar-refractivity contribution in [2.24, 2.45) is 0 Å². The van der Waals surface area contributed by atoms with Crippen LogP contribution in [0.25, 0.3) is 0 Å². The Morgan fingerprint density at radius 3 is 2.38 bits per heavy atom. The van der Waals surface area contributed by atoms with Crippen LogP contribution in [0.15, 0.2) is 53.4 Å². The molecule has 0 saturated heterocycles. The highest BCUT2D eigenvalue weighted by Gasteiger charge is 2.13. The second kappa shape index (κ2) is 6.74. The minimum absolute atomic E-state index is 0.226. The van der Waals surface area contributed by atoms with Gasteiger partial charge in [-0.1, -0.05) is 24.3 Å². The zero-order valence-electron chi connectivity index (χ0n) is 12.2. The van der Waals surface area contributed by atoms with E-state index in [-0.39, 0.29) is 18.0 Å². The highest BCUT2D eigenvalue weighted by atomic mass is 32.2. The Hall–Kier alpha value is -1.85. The maximum atomic E-state index is 12.1. The Morgan fingerprint density at radius 2 is 1.71 bits per heavy atom. The maximum Gasteiger partial charge on any atom is 0.240 e. The van der Waals surface area contributed by atoms with Crippen LogP contribution in [0.2, 0.25) is 0 Å². The number of hydrogen-bond donors (Lipinski definition) is 1. The van der Waals surface area contributed by atoms with Crippen molar-refractivity contribution in [3.05, 3.63) is 59.7 Å². The average molecular weight is 305 g/mol. The number of hydrogen-bond acceptors (Lipinski definition) is 3. The van der Waals surface area contributed by atoms with Crippen molar-refractivity contribution in [3.8, 4) is 5.75 Å². The van der Waals surface area contributed by atoms with Crippen LogP contribution in [-0.4, -0.2) is 21.6 Å². The van der Waals surface area contributed by atoms with Crippen molar-refractivity contribution in [1.29, 1.82) is 0 Å². The summed E-state index contributed by atoms with van der Waals surface area (Å²) < 4.78 is 32.3. The van der Waals surface area contributed by atoms with E-state index in [9.17, 15) is 8.42 Å². The molecule has 0 aromatic heterocycles. The van der Waals surface area contributed by atoms with Crippen LogP contribution in [0.5, 0.6) is 5.75 Å². The lowest BCUT2D eigenvalue weighted by Gasteiger charge is -2.09. The molecule has 0 spiro atoms. The van der Waals surface area contributed by atoms with E-state index in [0.29, 0.717) is 0 Å². The van der Waals surface area contributed by atoms with Gasteiger partial charge in [-0.05, 0) is 49.2 Å². The van der Waals surface area contributed by atoms with Gasteiger partial charge in [-0.3, -0.25) is 0 Å². The topological polar surface area (TPSA) is 55.4 Å². The van der Waals surface area contributed by atoms with E-state index in [1.165, 1.54) is 0 Å². The molecule has 0 aliphatic heterocycles. The third-order valence-electron chi connectivity index (χ3n) is 3.19. The number of sulfonamides is 1. The highest BCUT2D eigenvalue weighted by Crippen LogP contribution is 2.14. The highest BCUT2D eigenvalue weighted by molar-refractivity contribution is 7.89. The Morgan fingerprint density at radius 1 is 1.00 bits per heavy atom. The lowest BCUT2D eigenvalue weighted by atomic mass is 10.1. The fourth-order valence-corrected chi connectivity index (χ4v) is 2.92. The smallest absolute Gasteiger partial charge is 0.240 e. The van der Waals surface area contributed by atoms with Crippen molar-refractivity contribution in [2.45, 2.75) is 18.7 Å². The standard InChI is InChI=1S/C16H19NO3S/c1-13-8-9-16(12-14(13)2)21(18,19)17-10-11-20-15-6-4-3-5-7-15/h3-9,12,17H,10-11H2,1-2H3. The van der Waals surface area contributed by atoms with E-state index >= 15 is 0 Å². The van der Waals surface area contributed by atoms with Crippen molar-refractivity contribution in [1.82, 2.24) is 4.72 Å². The maximum absolute atomic E-state index is 12.1. The van der Waals surface area contributed by atoms with Crippen LogP contribution in [0.1, 0.15) is 11.1 Å². The van der Waals surface area contributed by atoms with Gasteiger partial charge in [0.1, 0.15) is 12.4 Å². The van der Waals surface area contributed by atoms with Crippen LogP contribution >= 0.6 is 0 Å². The predicted molar refractivity (Wildman–Crippen MR) is 83.0 cm³/mol. The normalized spacial score (nSPS) is 11.3. The number of rotatable bonds is 6. The van der Waals surface area contributed by atoms with Crippen LogP contribution in [0, 0.1) is 13.8 Å². The molecule has 0 fully saturated rings. The minimum Gasteiger partial charge on any atom is -0.492 e. The van der Waals surface area contributed by atoms with E-state index in [4.69, 9.17) is 4.74 Å². The molecule has 0 aliphatic carbocycles. The van der Waals surface area contributed by atoms with Gasteiger partial charge in [0.2, 0.25) is 10.0 Å². The molecular formula is C16H19NO3S. The molecule has 2 aromatic rings. The largest absolute Gasteiger partial charge is 0.492 e. The van der Waals surface area contributed by atoms with E-state index < -0.39 is 10.0 Å². The SMILES string of the molecule is Cc1ccc(S(=O)(=O)NCCOc2ccccc2)cc1C. The van der Waals surface area contributed by atoms with Gasteiger partial charge in [-0.25, -0.2) is 13.1 Å². The summed E-state index contributed by atoms with van der Waals surface area (Å²) in [6, 6.07) is 14.4. The first kappa shape index (κ1) is 15.5. The number of nitrogens with one attached hydrogen (secondary N) is 1. The third-order valence-corrected chi connectivity index (χ3v) is 4.65. The van der Waals surface area contributed by atoms with Gasteiger partial charge in [0.15, 0.2) is 0 Å². The second-order valence-corrected chi connectivity index (χ2v) is 6.57. The Bertz CT molecular complexity index is 697. The summed E-state index contributed by atoms with van der Waals surface area (Å²) in [5.74, 6) is 0.725. The van der Waals surface area contributed by atoms with Crippen molar-refractivity contribution in [2.75, 3.05) is 13.2 Å². The second-order valence-electron chi connectivity index (χ2n) is 4.81. The first-order chi connectivity index (χ1) is 9.99. The first-order valence-corrected chi connectivity index (χ1v) is 8.22. The summed E-state index contributed by atoms with van der Waals surface area (Å²) in [4.78, 5) is 0.283. The van der Waals surface area contributed by atoms with Crippen LogP contribution in [-0.2, 0) is 10.0 Å². The quantitative estimate of drug-likeness (QED) is 0.835. The van der Waals surface area contributed by atoms with Crippen LogP contribution in [0.4, 0.5) is 0 Å². The number of benzene rings is 2. The molecule has 2 rings (SSSR count). The van der Waals surface area contributed by atoms with E-state index in [1.807, 2.05) is 50.2 Å². The van der Waals surface area contributed by atoms with Gasteiger partial charge in [0.05, 0.1) is 4.90 Å². The lowest BCUT2D eigenvalue weighted by molar-refractivity contribution is 0.323. The Kier molecular flexibility index (Phi) is 4.98. The molecule has 0 aliphatic rings. The molecule has 21 heavy (non-hydrogen) atoms. The van der Waals surface area contributed by atoms with Gasteiger partial charge in [0, 0.05) is 6.54 Å². The molecule has 0 heterocycles. The van der Waals surface area contributed by atoms with E-state index in [2.05, 4.69) is 4.72 Å². The predicted octanol–water partition coefficient (Wildman–Crippen LogP) is 2.66. The summed E-state index contributed by atoms with van der Waals surface area (Å²) in [5.41, 5.74) is 2.03. The molecule has 0 amide bonds. The van der Waals surface area contributed by atoms with Gasteiger partial charge < -0.3 is 4.74 Å². The fourth-order valence-electron chi connectivity index (χ4n) is 1.83. The first-order valence-electron chi connectivity index (χ1n) is 6.74. The summed E-state index contributed by atoms with van der Waals surface area (Å²) >= 11 is 0. The van der Waals surface area contributed by atoms with Crippen LogP contribution in [0.3, 0.4) is 0 Å². The molecule has 0 atom stereocenters. The number of para-hydroxylation sites is 1. The number of ether oxygens (including phenoxy) is 1. The van der Waals surface area contributed by atoms with Crippen molar-refractivity contribution < 1.29 is 13.2 Å². The Labute approximate surface area is 125 Å². The fraction of sp³-hybridized carbons (Fsp3) is 0.250. The average Bonchev–Trinajstić information content (AvgIpc) is 2.47. The molecule has 4 nitrogen and oxygen atoms in total. The molecule has 0 saturated carbocycles. The molecule has 1 N–H and O–H groups in total. The minimum atomic E-state index is -3.48. The zero-order chi connectivity index (χ0) is 15.3. The summed E-state index contributed by atoms with van der Waals surface area (Å²) in [7, 11) is -3.48. The van der Waals surface area contributed by atoms with Gasteiger partial charge in [0.25, 0.3) is 0 Å². The monoisotopic (exact) mass is 305 g/mol. The molecule has 0 unspecified atom stereocenters. The van der Waals surface area contributed by atoms with Gasteiger partial charge >= 0.3 is 0 Å². The van der Waals surface area contributed by atoms with Crippen LogP contribution < -0.4 is 9.46 Å². The van der Waals surface area contributed by atoms with E-state index in [1.54, 1.807) is 12.1 Å². The molecule has 112 valence electrons. The number of aryl methyl sites for hydroxylation is 2.